The van der Waals surface area contributed by atoms with Gasteiger partial charge < -0.3 is 0 Å². The number of benzene rings is 1. The Morgan fingerprint density at radius 1 is 1.05 bits per heavy atom. The van der Waals surface area contributed by atoms with Crippen LogP contribution in [-0.4, -0.2) is 18.0 Å². The first-order chi connectivity index (χ1) is 10.8. The topological polar surface area (TPSA) is 3.24 Å². The van der Waals surface area contributed by atoms with Crippen molar-refractivity contribution in [2.45, 2.75) is 57.4 Å². The molecule has 2 fully saturated rings. The normalized spacial score (nSPS) is 23.9. The fourth-order valence-electron chi connectivity index (χ4n) is 4.50. The van der Waals surface area contributed by atoms with E-state index in [1.54, 1.807) is 4.88 Å². The fraction of sp³-hybridized carbons (Fsp3) is 0.600. The van der Waals surface area contributed by atoms with Crippen LogP contribution in [0.15, 0.2) is 30.3 Å². The Morgan fingerprint density at radius 3 is 2.50 bits per heavy atom. The molecule has 0 bridgehead atoms. The van der Waals surface area contributed by atoms with Crippen molar-refractivity contribution < 1.29 is 0 Å². The summed E-state index contributed by atoms with van der Waals surface area (Å²) in [6, 6.07) is 11.4. The van der Waals surface area contributed by atoms with Gasteiger partial charge in [-0.05, 0) is 62.2 Å². The van der Waals surface area contributed by atoms with Crippen molar-refractivity contribution in [2.24, 2.45) is 5.92 Å². The van der Waals surface area contributed by atoms with Crippen molar-refractivity contribution in [3.63, 3.8) is 0 Å². The second kappa shape index (κ2) is 5.98. The lowest BCUT2D eigenvalue weighted by Gasteiger charge is -2.48. The summed E-state index contributed by atoms with van der Waals surface area (Å²) in [4.78, 5) is 4.50. The van der Waals surface area contributed by atoms with Gasteiger partial charge in [0, 0.05) is 9.58 Å². The molecule has 1 aliphatic heterocycles. The van der Waals surface area contributed by atoms with Gasteiger partial charge in [0.1, 0.15) is 0 Å². The molecule has 118 valence electrons. The highest BCUT2D eigenvalue weighted by atomic mass is 32.1. The third-order valence-corrected chi connectivity index (χ3v) is 7.26. The smallest absolute Gasteiger partial charge is 0.0554 e. The molecule has 2 aromatic rings. The van der Waals surface area contributed by atoms with Gasteiger partial charge in [0.15, 0.2) is 0 Å². The summed E-state index contributed by atoms with van der Waals surface area (Å²) < 4.78 is 1.47. The first-order valence-electron chi connectivity index (χ1n) is 9.02. The second-order valence-electron chi connectivity index (χ2n) is 7.41. The van der Waals surface area contributed by atoms with Crippen LogP contribution in [0.1, 0.15) is 56.7 Å². The Labute approximate surface area is 138 Å². The zero-order valence-electron chi connectivity index (χ0n) is 13.7. The summed E-state index contributed by atoms with van der Waals surface area (Å²) in [5, 5.41) is 1.44. The van der Waals surface area contributed by atoms with E-state index in [-0.39, 0.29) is 0 Å². The number of rotatable bonds is 2. The summed E-state index contributed by atoms with van der Waals surface area (Å²) in [6.07, 6.45) is 9.74. The maximum absolute atomic E-state index is 2.86. The Hall–Kier alpha value is -0.860. The average molecular weight is 314 g/mol. The highest BCUT2D eigenvalue weighted by Gasteiger charge is 2.41. The van der Waals surface area contributed by atoms with Gasteiger partial charge in [0.05, 0.1) is 5.54 Å². The molecule has 0 spiro atoms. The van der Waals surface area contributed by atoms with Gasteiger partial charge in [0.2, 0.25) is 0 Å². The van der Waals surface area contributed by atoms with Crippen molar-refractivity contribution in [1.29, 1.82) is 0 Å². The molecule has 0 radical (unpaired) electrons. The fourth-order valence-corrected chi connectivity index (χ4v) is 5.84. The molecule has 22 heavy (non-hydrogen) atoms. The van der Waals surface area contributed by atoms with Gasteiger partial charge in [-0.1, -0.05) is 44.4 Å². The summed E-state index contributed by atoms with van der Waals surface area (Å²) in [5.41, 5.74) is 0.349. The summed E-state index contributed by atoms with van der Waals surface area (Å²) in [6.45, 7) is 5.02. The summed E-state index contributed by atoms with van der Waals surface area (Å²) in [5.74, 6) is 0.916. The van der Waals surface area contributed by atoms with Crippen LogP contribution in [0.3, 0.4) is 0 Å². The Balaban J connectivity index is 1.73. The lowest BCUT2D eigenvalue weighted by atomic mass is 9.77. The van der Waals surface area contributed by atoms with Crippen LogP contribution in [0, 0.1) is 5.92 Å². The Bertz CT molecular complexity index is 597. The van der Waals surface area contributed by atoms with E-state index in [4.69, 9.17) is 0 Å². The lowest BCUT2D eigenvalue weighted by molar-refractivity contribution is 0.0221. The van der Waals surface area contributed by atoms with Crippen LogP contribution in [-0.2, 0) is 5.54 Å². The molecule has 2 heteroatoms. The predicted octanol–water partition coefficient (Wildman–Crippen LogP) is 5.79. The van der Waals surface area contributed by atoms with Gasteiger partial charge in [0.25, 0.3) is 0 Å². The van der Waals surface area contributed by atoms with Crippen LogP contribution in [0.4, 0.5) is 0 Å². The van der Waals surface area contributed by atoms with E-state index in [0.717, 1.165) is 5.92 Å². The summed E-state index contributed by atoms with van der Waals surface area (Å²) >= 11 is 2.06. The molecule has 1 aromatic heterocycles. The van der Waals surface area contributed by atoms with Crippen molar-refractivity contribution in [1.82, 2.24) is 4.90 Å². The average Bonchev–Trinajstić information content (AvgIpc) is 3.01. The molecule has 2 aliphatic rings. The molecule has 0 N–H and O–H groups in total. The Morgan fingerprint density at radius 2 is 1.77 bits per heavy atom. The van der Waals surface area contributed by atoms with E-state index in [0.29, 0.717) is 5.54 Å². The summed E-state index contributed by atoms with van der Waals surface area (Å²) in [7, 11) is 0. The third-order valence-electron chi connectivity index (χ3n) is 5.95. The SMILES string of the molecule is CC1CCN(C2(c3cc4ccccc4s3)CCCCC2)CC1. The van der Waals surface area contributed by atoms with Gasteiger partial charge in [-0.15, -0.1) is 11.3 Å². The molecule has 1 saturated heterocycles. The van der Waals surface area contributed by atoms with E-state index in [1.165, 1.54) is 68.1 Å². The zero-order chi connectivity index (χ0) is 15.0. The highest BCUT2D eigenvalue weighted by Crippen LogP contribution is 2.47. The molecule has 4 rings (SSSR count). The zero-order valence-corrected chi connectivity index (χ0v) is 14.5. The Kier molecular flexibility index (Phi) is 4.00. The van der Waals surface area contributed by atoms with E-state index in [2.05, 4.69) is 53.5 Å². The molecule has 0 amide bonds. The van der Waals surface area contributed by atoms with Crippen LogP contribution in [0.25, 0.3) is 10.1 Å². The number of hydrogen-bond donors (Lipinski definition) is 0. The number of piperidine rings is 1. The quantitative estimate of drug-likeness (QED) is 0.678. The molecule has 1 aliphatic carbocycles. The van der Waals surface area contributed by atoms with Crippen LogP contribution in [0.5, 0.6) is 0 Å². The van der Waals surface area contributed by atoms with E-state index in [9.17, 15) is 0 Å². The number of likely N-dealkylation sites (tertiary alicyclic amines) is 1. The van der Waals surface area contributed by atoms with E-state index < -0.39 is 0 Å². The second-order valence-corrected chi connectivity index (χ2v) is 8.49. The largest absolute Gasteiger partial charge is 0.293 e. The van der Waals surface area contributed by atoms with Crippen LogP contribution >= 0.6 is 11.3 Å². The van der Waals surface area contributed by atoms with E-state index in [1.807, 2.05) is 0 Å². The number of thiophene rings is 1. The number of fused-ring (bicyclic) bond motifs is 1. The number of hydrogen-bond acceptors (Lipinski definition) is 2. The van der Waals surface area contributed by atoms with Gasteiger partial charge in [-0.3, -0.25) is 4.90 Å². The molecular formula is C20H27NS. The maximum Gasteiger partial charge on any atom is 0.0554 e. The molecular weight excluding hydrogens is 286 g/mol. The lowest BCUT2D eigenvalue weighted by Crippen LogP contribution is -2.50. The van der Waals surface area contributed by atoms with Crippen molar-refractivity contribution >= 4 is 21.4 Å². The van der Waals surface area contributed by atoms with Crippen molar-refractivity contribution in [3.8, 4) is 0 Å². The first-order valence-corrected chi connectivity index (χ1v) is 9.84. The van der Waals surface area contributed by atoms with Crippen molar-refractivity contribution in [3.05, 3.63) is 35.2 Å². The first kappa shape index (κ1) is 14.7. The standard InChI is InChI=1S/C20H27NS/c1-16-9-13-21(14-10-16)20(11-5-2-6-12-20)19-15-17-7-3-4-8-18(17)22-19/h3-4,7-8,15-16H,2,5-6,9-14H2,1H3. The van der Waals surface area contributed by atoms with Crippen LogP contribution in [0.2, 0.25) is 0 Å². The third kappa shape index (κ3) is 2.51. The van der Waals surface area contributed by atoms with Crippen LogP contribution < -0.4 is 0 Å². The minimum Gasteiger partial charge on any atom is -0.293 e. The number of nitrogens with zero attached hydrogens (tertiary/aromatic N) is 1. The monoisotopic (exact) mass is 313 g/mol. The van der Waals surface area contributed by atoms with Gasteiger partial charge in [-0.25, -0.2) is 0 Å². The highest BCUT2D eigenvalue weighted by molar-refractivity contribution is 7.19. The molecule has 1 aromatic carbocycles. The minimum absolute atomic E-state index is 0.349. The van der Waals surface area contributed by atoms with E-state index >= 15 is 0 Å². The maximum atomic E-state index is 2.86. The predicted molar refractivity (Wildman–Crippen MR) is 96.6 cm³/mol. The van der Waals surface area contributed by atoms with Gasteiger partial charge >= 0.3 is 0 Å². The van der Waals surface area contributed by atoms with Crippen molar-refractivity contribution in [2.75, 3.05) is 13.1 Å². The molecule has 1 nitrogen and oxygen atoms in total. The molecule has 0 atom stereocenters. The molecule has 1 saturated carbocycles. The molecule has 2 heterocycles. The molecule has 0 unspecified atom stereocenters. The van der Waals surface area contributed by atoms with Gasteiger partial charge in [-0.2, -0.15) is 0 Å². The minimum atomic E-state index is 0.349.